The molecule has 1 aromatic heterocycles. The van der Waals surface area contributed by atoms with Gasteiger partial charge in [-0.05, 0) is 47.2 Å². The average molecular weight is 411 g/mol. The Morgan fingerprint density at radius 2 is 1.79 bits per heavy atom. The first-order valence-electron chi connectivity index (χ1n) is 7.63. The first kappa shape index (κ1) is 17.3. The Morgan fingerprint density at radius 3 is 2.42 bits per heavy atom. The lowest BCUT2D eigenvalue weighted by Crippen LogP contribution is -2.47. The van der Waals surface area contributed by atoms with Crippen LogP contribution < -0.4 is 5.32 Å². The maximum absolute atomic E-state index is 12.7. The maximum atomic E-state index is 12.7. The minimum atomic E-state index is -3.48. The summed E-state index contributed by atoms with van der Waals surface area (Å²) in [5.74, 6) is 0.597. The van der Waals surface area contributed by atoms with Crippen molar-refractivity contribution in [2.45, 2.75) is 4.90 Å². The number of para-hydroxylation sites is 1. The fraction of sp³-hybridized carbons (Fsp3) is 0.312. The lowest BCUT2D eigenvalue weighted by Gasteiger charge is -2.31. The van der Waals surface area contributed by atoms with E-state index in [-0.39, 0.29) is 4.90 Å². The molecule has 1 N–H and O–H groups in total. The number of piperazine rings is 1. The molecule has 0 amide bonds. The Kier molecular flexibility index (Phi) is 5.19. The van der Waals surface area contributed by atoms with Crippen LogP contribution in [-0.4, -0.2) is 55.8 Å². The van der Waals surface area contributed by atoms with Gasteiger partial charge in [-0.25, -0.2) is 13.4 Å². The van der Waals surface area contributed by atoms with Gasteiger partial charge in [-0.1, -0.05) is 12.1 Å². The monoisotopic (exact) mass is 410 g/mol. The van der Waals surface area contributed by atoms with Crippen LogP contribution in [0.5, 0.6) is 0 Å². The molecule has 3 rings (SSSR count). The number of aromatic nitrogens is 1. The third-order valence-corrected chi connectivity index (χ3v) is 6.55. The molecule has 0 radical (unpaired) electrons. The third kappa shape index (κ3) is 3.77. The Bertz CT molecular complexity index is 803. The van der Waals surface area contributed by atoms with Crippen LogP contribution in [0.15, 0.2) is 52.0 Å². The molecule has 0 bridgehead atoms. The summed E-state index contributed by atoms with van der Waals surface area (Å²) in [6, 6.07) is 11.0. The van der Waals surface area contributed by atoms with Crippen molar-refractivity contribution in [3.8, 4) is 0 Å². The first-order valence-corrected chi connectivity index (χ1v) is 9.86. The van der Waals surface area contributed by atoms with E-state index in [2.05, 4.69) is 31.1 Å². The van der Waals surface area contributed by atoms with Crippen molar-refractivity contribution in [2.24, 2.45) is 0 Å². The van der Waals surface area contributed by atoms with Crippen LogP contribution in [0.4, 0.5) is 11.5 Å². The molecule has 1 aliphatic rings. The number of hydrogen-bond acceptors (Lipinski definition) is 5. The minimum absolute atomic E-state index is 0.227. The van der Waals surface area contributed by atoms with Gasteiger partial charge in [-0.2, -0.15) is 4.31 Å². The zero-order chi connectivity index (χ0) is 17.2. The molecule has 2 heterocycles. The lowest BCUT2D eigenvalue weighted by atomic mass is 10.3. The van der Waals surface area contributed by atoms with Crippen LogP contribution in [0, 0.1) is 0 Å². The molecule has 2 aromatic rings. The van der Waals surface area contributed by atoms with Gasteiger partial charge in [0.15, 0.2) is 0 Å². The first-order chi connectivity index (χ1) is 11.5. The molecule has 1 aromatic carbocycles. The summed E-state index contributed by atoms with van der Waals surface area (Å²) in [5, 5.41) is 3.16. The van der Waals surface area contributed by atoms with Gasteiger partial charge in [0, 0.05) is 36.8 Å². The van der Waals surface area contributed by atoms with E-state index in [0.717, 1.165) is 23.2 Å². The summed E-state index contributed by atoms with van der Waals surface area (Å²) in [5.41, 5.74) is 0.875. The number of nitrogens with one attached hydrogen (secondary N) is 1. The number of hydrogen-bond donors (Lipinski definition) is 1. The lowest BCUT2D eigenvalue weighted by molar-refractivity contribution is 0.222. The van der Waals surface area contributed by atoms with Gasteiger partial charge in [-0.15, -0.1) is 0 Å². The van der Waals surface area contributed by atoms with Crippen molar-refractivity contribution in [3.63, 3.8) is 0 Å². The number of halogens is 1. The fourth-order valence-electron chi connectivity index (χ4n) is 2.48. The highest BCUT2D eigenvalue weighted by molar-refractivity contribution is 9.10. The molecule has 0 atom stereocenters. The summed E-state index contributed by atoms with van der Waals surface area (Å²) < 4.78 is 27.8. The molecule has 0 unspecified atom stereocenters. The molecule has 6 nitrogen and oxygen atoms in total. The molecule has 1 saturated heterocycles. The van der Waals surface area contributed by atoms with Crippen LogP contribution in [-0.2, 0) is 10.0 Å². The van der Waals surface area contributed by atoms with E-state index >= 15 is 0 Å². The van der Waals surface area contributed by atoms with E-state index in [9.17, 15) is 8.42 Å². The predicted molar refractivity (Wildman–Crippen MR) is 97.9 cm³/mol. The van der Waals surface area contributed by atoms with Gasteiger partial charge < -0.3 is 10.2 Å². The number of sulfonamides is 1. The molecule has 1 aliphatic heterocycles. The number of rotatable bonds is 4. The SMILES string of the molecule is CN1CCN(S(=O)(=O)c2ccc(Nc3ccccc3Br)nc2)CC1. The number of nitrogens with zero attached hydrogens (tertiary/aromatic N) is 3. The second kappa shape index (κ2) is 7.18. The van der Waals surface area contributed by atoms with Gasteiger partial charge in [0.2, 0.25) is 10.0 Å². The van der Waals surface area contributed by atoms with E-state index in [4.69, 9.17) is 0 Å². The van der Waals surface area contributed by atoms with Gasteiger partial charge in [0.05, 0.1) is 5.69 Å². The van der Waals surface area contributed by atoms with E-state index in [0.29, 0.717) is 18.9 Å². The number of likely N-dealkylation sites (N-methyl/N-ethyl adjacent to an activating group) is 1. The van der Waals surface area contributed by atoms with Crippen molar-refractivity contribution in [3.05, 3.63) is 47.1 Å². The Balaban J connectivity index is 1.75. The van der Waals surface area contributed by atoms with Crippen molar-refractivity contribution in [2.75, 3.05) is 38.5 Å². The quantitative estimate of drug-likeness (QED) is 0.838. The second-order valence-electron chi connectivity index (χ2n) is 5.69. The second-order valence-corrected chi connectivity index (χ2v) is 8.48. The van der Waals surface area contributed by atoms with E-state index < -0.39 is 10.0 Å². The predicted octanol–water partition coefficient (Wildman–Crippen LogP) is 2.52. The summed E-state index contributed by atoms with van der Waals surface area (Å²) in [6.07, 6.45) is 1.41. The summed E-state index contributed by atoms with van der Waals surface area (Å²) in [4.78, 5) is 6.59. The Labute approximate surface area is 150 Å². The van der Waals surface area contributed by atoms with Gasteiger partial charge >= 0.3 is 0 Å². The normalized spacial score (nSPS) is 16.9. The van der Waals surface area contributed by atoms with Crippen molar-refractivity contribution >= 4 is 37.5 Å². The van der Waals surface area contributed by atoms with Gasteiger partial charge in [-0.3, -0.25) is 0 Å². The Morgan fingerprint density at radius 1 is 1.08 bits per heavy atom. The standard InChI is InChI=1S/C16H19BrN4O2S/c1-20-8-10-21(11-9-20)24(22,23)13-6-7-16(18-12-13)19-15-5-3-2-4-14(15)17/h2-7,12H,8-11H2,1H3,(H,18,19). The molecule has 0 spiro atoms. The minimum Gasteiger partial charge on any atom is -0.339 e. The highest BCUT2D eigenvalue weighted by Crippen LogP contribution is 2.25. The van der Waals surface area contributed by atoms with Gasteiger partial charge in [0.25, 0.3) is 0 Å². The number of anilines is 2. The average Bonchev–Trinajstić information content (AvgIpc) is 2.58. The molecule has 0 aliphatic carbocycles. The largest absolute Gasteiger partial charge is 0.339 e. The van der Waals surface area contributed by atoms with E-state index in [1.54, 1.807) is 12.1 Å². The third-order valence-electron chi connectivity index (χ3n) is 3.97. The van der Waals surface area contributed by atoms with Crippen molar-refractivity contribution in [1.82, 2.24) is 14.2 Å². The zero-order valence-electron chi connectivity index (χ0n) is 13.3. The van der Waals surface area contributed by atoms with Crippen LogP contribution in [0.2, 0.25) is 0 Å². The smallest absolute Gasteiger partial charge is 0.244 e. The van der Waals surface area contributed by atoms with E-state index in [1.165, 1.54) is 10.5 Å². The number of pyridine rings is 1. The van der Waals surface area contributed by atoms with Gasteiger partial charge in [0.1, 0.15) is 10.7 Å². The molecular formula is C16H19BrN4O2S. The topological polar surface area (TPSA) is 65.5 Å². The van der Waals surface area contributed by atoms with Crippen LogP contribution in [0.1, 0.15) is 0 Å². The number of benzene rings is 1. The molecular weight excluding hydrogens is 392 g/mol. The Hall–Kier alpha value is -1.48. The molecule has 0 saturated carbocycles. The molecule has 1 fully saturated rings. The van der Waals surface area contributed by atoms with E-state index in [1.807, 2.05) is 31.3 Å². The maximum Gasteiger partial charge on any atom is 0.244 e. The van der Waals surface area contributed by atoms with Crippen molar-refractivity contribution in [1.29, 1.82) is 0 Å². The van der Waals surface area contributed by atoms with Crippen LogP contribution >= 0.6 is 15.9 Å². The van der Waals surface area contributed by atoms with Crippen LogP contribution in [0.25, 0.3) is 0 Å². The summed E-state index contributed by atoms with van der Waals surface area (Å²) >= 11 is 3.46. The summed E-state index contributed by atoms with van der Waals surface area (Å²) in [7, 11) is -1.48. The zero-order valence-corrected chi connectivity index (χ0v) is 15.7. The molecule has 24 heavy (non-hydrogen) atoms. The highest BCUT2D eigenvalue weighted by Gasteiger charge is 2.27. The molecule has 128 valence electrons. The fourth-order valence-corrected chi connectivity index (χ4v) is 4.24. The van der Waals surface area contributed by atoms with Crippen molar-refractivity contribution < 1.29 is 8.42 Å². The highest BCUT2D eigenvalue weighted by atomic mass is 79.9. The molecule has 8 heteroatoms. The summed E-state index contributed by atoms with van der Waals surface area (Å²) in [6.45, 7) is 2.51. The van der Waals surface area contributed by atoms with Crippen LogP contribution in [0.3, 0.4) is 0 Å².